The van der Waals surface area contributed by atoms with Crippen molar-refractivity contribution in [2.75, 3.05) is 6.54 Å². The summed E-state index contributed by atoms with van der Waals surface area (Å²) in [7, 11) is 0. The molecule has 0 radical (unpaired) electrons. The number of hydrogen-bond donors (Lipinski definition) is 5. The molecule has 0 aromatic carbocycles. The van der Waals surface area contributed by atoms with Crippen LogP contribution in [0.15, 0.2) is 158 Å². The molecule has 14 bridgehead atoms. The van der Waals surface area contributed by atoms with E-state index >= 15 is 0 Å². The number of carbonyl (C=O) groups excluding carboxylic acids is 3. The van der Waals surface area contributed by atoms with E-state index in [1.54, 1.807) is 0 Å². The molecule has 2 heterocycles. The smallest absolute Gasteiger partial charge is 0.0799 e. The van der Waals surface area contributed by atoms with Gasteiger partial charge in [-0.1, -0.05) is 241 Å². The molecule has 5 N–H and O–H groups in total. The van der Waals surface area contributed by atoms with Crippen LogP contribution in [0.4, 0.5) is 0 Å². The van der Waals surface area contributed by atoms with E-state index in [1.807, 2.05) is 72.9 Å². The maximum atomic E-state index is 11.0. The molecule has 18 fully saturated rings. The molecule has 734 valence electrons. The second kappa shape index (κ2) is 83.9. The van der Waals surface area contributed by atoms with Crippen LogP contribution in [0.3, 0.4) is 0 Å². The van der Waals surface area contributed by atoms with Gasteiger partial charge >= 0.3 is 0 Å². The molecule has 20 atom stereocenters. The van der Waals surface area contributed by atoms with Gasteiger partial charge in [-0.25, -0.2) is 242 Å². The van der Waals surface area contributed by atoms with Crippen LogP contribution < -0.4 is 26.6 Å². The molecule has 0 spiro atoms. The molecule has 18 rings (SSSR count). The molecule has 20 unspecified atom stereocenters. The number of fused-ring (bicyclic) bond motifs is 19. The average Bonchev–Trinajstić information content (AvgIpc) is 0.898. The average molecular weight is 4490 g/mol. The normalized spacial score (nSPS) is 34.9. The Kier molecular flexibility index (Phi) is 97.7. The first-order chi connectivity index (χ1) is 55.1. The Balaban J connectivity index is -0.000000181. The fourth-order valence-corrected chi connectivity index (χ4v) is 24.7. The third-order valence-electron chi connectivity index (χ3n) is 29.6. The van der Waals surface area contributed by atoms with Crippen LogP contribution in [0.2, 0.25) is 0 Å². The van der Waals surface area contributed by atoms with E-state index < -0.39 is 0 Å². The fraction of sp³-hybridized carbons (Fsp3) is 0.575. The van der Waals surface area contributed by atoms with Gasteiger partial charge in [-0.15, -0.1) is 5.70 Å². The first-order valence-corrected chi connectivity index (χ1v) is 45.0. The van der Waals surface area contributed by atoms with Crippen LogP contribution in [-0.4, -0.2) is 54.5 Å². The summed E-state index contributed by atoms with van der Waals surface area (Å²) in [4.78, 5) is 31.9. The predicted molar refractivity (Wildman–Crippen MR) is 485 cm³/mol. The molecule has 16 saturated carbocycles. The molecule has 8 nitrogen and oxygen atoms in total. The zero-order valence-electron chi connectivity index (χ0n) is 77.4. The van der Waals surface area contributed by atoms with E-state index in [4.69, 9.17) is 0 Å². The summed E-state index contributed by atoms with van der Waals surface area (Å²) in [5.74, 6) is 20.3. The number of nitrogens with one attached hydrogen (secondary N) is 5. The molecule has 24 heteroatoms. The van der Waals surface area contributed by atoms with Gasteiger partial charge in [-0.3, -0.25) is 0 Å². The first-order valence-electron chi connectivity index (χ1n) is 45.0. The van der Waals surface area contributed by atoms with E-state index in [2.05, 4.69) is 217 Å². The van der Waals surface area contributed by atoms with Crippen molar-refractivity contribution in [2.45, 2.75) is 223 Å². The molecule has 130 heavy (non-hydrogen) atoms. The maximum Gasteiger partial charge on any atom is 0.0799 e. The molecule has 2 aliphatic heterocycles. The fourth-order valence-electron chi connectivity index (χ4n) is 24.7. The first kappa shape index (κ1) is 151. The minimum absolute atomic E-state index is 0. The van der Waals surface area contributed by atoms with Crippen molar-refractivity contribution in [1.29, 1.82) is 0 Å². The van der Waals surface area contributed by atoms with E-state index in [9.17, 15) is 14.4 Å². The van der Waals surface area contributed by atoms with Gasteiger partial charge in [-0.2, -0.15) is 0 Å². The van der Waals surface area contributed by atoms with Gasteiger partial charge in [0, 0.05) is 361 Å². The zero-order valence-corrected chi connectivity index (χ0v) is 124. The van der Waals surface area contributed by atoms with E-state index in [1.165, 1.54) is 173 Å². The number of hydrogen-bond acceptors (Lipinski definition) is 5. The Labute approximate surface area is 1030 Å². The molecule has 0 aromatic heterocycles. The molecule has 18 aliphatic rings. The summed E-state index contributed by atoms with van der Waals surface area (Å²) >= 11 is 0. The topological polar surface area (TPSA) is 111 Å². The van der Waals surface area contributed by atoms with Crippen molar-refractivity contribution < 1.29 is 351 Å². The number of rotatable bonds is 17. The van der Waals surface area contributed by atoms with Gasteiger partial charge in [0.2, 0.25) is 0 Å². The number of amides is 3. The SMILES string of the molecule is C=C([CH2-])NC1CC2CCC1CC2NC([CH2-])=O.[CH2-]/C=C/C1CC2CC1CC2/C=C/[CH2-].[CH2-]/C=C/C1CC2CC1CC2/C=C/[CH2-].[CH2-]/C=C/C1CC2CCC(C1)CC(/C=C/[CH2-])C2.[CH2-]/C=C/C1CC2CCC(C1)CC(/C=C/[CH2-])C2.[CH2-]/C=C/C1CC2CCC1CC2/C=C/[CH2-].[CH2-]/C=C/C1CC2NCC1CC2/C=C/[CH2-].[CH2-]C(=O)NC1CC(NC([CH2-])=O)C1.[W].[W].[W].[W].[W].[W].[W].[W].[W].[W].[W].[W].[W].[W].[W].[W]. The largest absolute Gasteiger partial charge is 0.415 e. The summed E-state index contributed by atoms with van der Waals surface area (Å²) in [5.41, 5.74) is 0.801. The van der Waals surface area contributed by atoms with Crippen molar-refractivity contribution in [1.82, 2.24) is 26.6 Å². The molecular weight excluding hydrogens is 4330 g/mol. The Morgan fingerprint density at radius 2 is 0.454 bits per heavy atom. The van der Waals surface area contributed by atoms with Crippen LogP contribution in [-0.2, 0) is 351 Å². The van der Waals surface area contributed by atoms with Gasteiger partial charge in [0.1, 0.15) is 0 Å². The van der Waals surface area contributed by atoms with Crippen LogP contribution in [0, 0.1) is 259 Å². The van der Waals surface area contributed by atoms with Gasteiger partial charge in [0.25, 0.3) is 0 Å². The summed E-state index contributed by atoms with van der Waals surface area (Å²) in [5, 5.41) is 15.3. The monoisotopic (exact) mass is 4490 g/mol. The van der Waals surface area contributed by atoms with Crippen molar-refractivity contribution >= 4 is 17.7 Å². The van der Waals surface area contributed by atoms with Crippen molar-refractivity contribution in [3.05, 3.63) is 269 Å². The van der Waals surface area contributed by atoms with Crippen LogP contribution >= 0.6 is 0 Å². The quantitative estimate of drug-likeness (QED) is 0.0932. The predicted octanol–water partition coefficient (Wildman–Crippen LogP) is 23.1. The molecule has 2 saturated heterocycles. The Morgan fingerprint density at radius 3 is 0.669 bits per heavy atom. The number of piperidine rings is 2. The third-order valence-corrected chi connectivity index (χ3v) is 29.6. The second-order valence-electron chi connectivity index (χ2n) is 37.4. The van der Waals surface area contributed by atoms with E-state index in [-0.39, 0.29) is 367 Å². The minimum atomic E-state index is -0.264. The third kappa shape index (κ3) is 51.7. The minimum Gasteiger partial charge on any atom is -0.415 e. The Hall–Kier alpha value is 3.72. The molecule has 3 amide bonds. The molecular formula is C106H155N5O3W16-16. The van der Waals surface area contributed by atoms with Gasteiger partial charge in [0.05, 0.1) is 17.7 Å². The van der Waals surface area contributed by atoms with Crippen molar-refractivity contribution in [2.24, 2.45) is 148 Å². The van der Waals surface area contributed by atoms with Crippen LogP contribution in [0.1, 0.15) is 193 Å². The maximum absolute atomic E-state index is 11.0. The van der Waals surface area contributed by atoms with E-state index in [0.29, 0.717) is 35.9 Å². The van der Waals surface area contributed by atoms with Gasteiger partial charge < -0.3 is 61.7 Å². The Bertz CT molecular complexity index is 2900. The summed E-state index contributed by atoms with van der Waals surface area (Å²) in [6, 6.07) is 1.85. The van der Waals surface area contributed by atoms with Crippen molar-refractivity contribution in [3.63, 3.8) is 0 Å². The summed E-state index contributed by atoms with van der Waals surface area (Å²) in [6.45, 7) is 64.3. The molecule has 16 aliphatic carbocycles. The molecule has 0 aromatic rings. The number of carbonyl (C=O) groups is 3. The van der Waals surface area contributed by atoms with Gasteiger partial charge in [-0.05, 0) is 112 Å². The van der Waals surface area contributed by atoms with Crippen LogP contribution in [0.25, 0.3) is 0 Å². The number of allylic oxidation sites excluding steroid dienone is 24. The Morgan fingerprint density at radius 1 is 0.231 bits per heavy atom. The second-order valence-corrected chi connectivity index (χ2v) is 37.4. The van der Waals surface area contributed by atoms with Crippen LogP contribution in [0.5, 0.6) is 0 Å². The van der Waals surface area contributed by atoms with Gasteiger partial charge in [0.15, 0.2) is 0 Å². The zero-order chi connectivity index (χ0) is 82.1. The summed E-state index contributed by atoms with van der Waals surface area (Å²) < 4.78 is 0. The van der Waals surface area contributed by atoms with Crippen molar-refractivity contribution in [3.8, 4) is 0 Å². The summed E-state index contributed by atoms with van der Waals surface area (Å²) in [6.07, 6.45) is 91.2. The van der Waals surface area contributed by atoms with E-state index in [0.717, 1.165) is 162 Å². The standard InChI is InChI=1S/2C16H24.C14H20.C13H20N2O.C13H19N.2C13H18.C8H12N2O2.16W/c2*1-3-5-13-9-15-7-8-16(10-13)12-14(11-15)6-4-2;1-3-5-11-9-14-8-7-13(11)10-12(14)6-4-2;1-8(2)14-12-6-11-5-4-10(12)7-13(11)15-9(3)16;1-3-5-10-8-13-11(6-4-2)7-12(10)9-14-13;2*1-3-5-10-7-13-9-12(10)8-11(13)6-4-2;1-5(11)9-7-3-8(4-7)10-6(2)12;;;;;;;;;;;;;;;;/h2*3-6,13-16H,1-2,7-12H2;3-6,11-14H,1-2,7-10H2;10-14H,1-7H2,(H,15,16);3-6,10-14H,1-2,7-9H2;2*3-6,10-13H,1-2,7-9H2;7-8H,1-4H2,(H,9,11)(H,10,12);;;;;;;;;;;;;;;;/q8*-2;;;;;;;;;;;;;;;;/b3*5-3+,6-4+;;3*5-3+,6-4+;;;;;;;;;;;;;;;;;.